The van der Waals surface area contributed by atoms with Gasteiger partial charge in [-0.25, -0.2) is 0 Å². The zero-order valence-corrected chi connectivity index (χ0v) is 75.4. The maximum Gasteiger partial charge on any atom is 0.139 e. The first-order valence-corrected chi connectivity index (χ1v) is 50.8. The van der Waals surface area contributed by atoms with E-state index >= 15 is 0 Å². The van der Waals surface area contributed by atoms with Crippen molar-refractivity contribution in [2.45, 2.75) is 136 Å². The Morgan fingerprint density at radius 2 is 0.447 bits per heavy atom. The summed E-state index contributed by atoms with van der Waals surface area (Å²) in [6.07, 6.45) is 0. The summed E-state index contributed by atoms with van der Waals surface area (Å²) < 4.78 is 14.3. The molecule has 0 spiro atoms. The molecule has 0 bridgehead atoms. The smallest absolute Gasteiger partial charge is 0.139 e. The second-order valence-corrected chi connectivity index (χ2v) is 49.5. The Morgan fingerprint density at radius 1 is 0.195 bits per heavy atom. The lowest BCUT2D eigenvalue weighted by atomic mass is 9.74. The summed E-state index contributed by atoms with van der Waals surface area (Å²) in [4.78, 5) is 9.62. The zero-order valence-electron chi connectivity index (χ0n) is 73.4. The molecule has 0 radical (unpaired) electrons. The molecule has 2 aromatic heterocycles. The van der Waals surface area contributed by atoms with Crippen molar-refractivity contribution in [2.75, 3.05) is 19.6 Å². The van der Waals surface area contributed by atoms with Crippen LogP contribution < -0.4 is 30.0 Å². The molecule has 123 heavy (non-hydrogen) atoms. The predicted octanol–water partition coefficient (Wildman–Crippen LogP) is 31.4. The molecule has 8 heteroatoms. The third kappa shape index (κ3) is 12.2. The molecule has 5 aliphatic rings. The molecule has 15 aromatic carbocycles. The average Bonchev–Trinajstić information content (AvgIpc) is 1.52. The van der Waals surface area contributed by atoms with Crippen LogP contribution in [-0.4, -0.2) is 16.1 Å². The van der Waals surface area contributed by atoms with Crippen molar-refractivity contribution < 1.29 is 8.83 Å². The van der Waals surface area contributed by atoms with Gasteiger partial charge in [0.25, 0.3) is 0 Å². The van der Waals surface area contributed by atoms with Gasteiger partial charge in [0.1, 0.15) is 23.0 Å². The molecule has 0 fully saturated rings. The highest BCUT2D eigenvalue weighted by molar-refractivity contribution is 6.89. The lowest BCUT2D eigenvalue weighted by Gasteiger charge is -2.31. The first kappa shape index (κ1) is 77.3. The Bertz CT molecular complexity index is 7100. The van der Waals surface area contributed by atoms with Crippen molar-refractivity contribution in [3.05, 3.63) is 395 Å². The molecule has 17 aromatic rings. The van der Waals surface area contributed by atoms with Crippen LogP contribution >= 0.6 is 0 Å². The highest BCUT2D eigenvalue weighted by atomic mass is 28.3. The van der Waals surface area contributed by atoms with Gasteiger partial charge < -0.3 is 28.4 Å². The van der Waals surface area contributed by atoms with E-state index in [-0.39, 0.29) is 27.1 Å². The summed E-state index contributed by atoms with van der Waals surface area (Å²) in [6.45, 7) is 38.3. The molecule has 0 unspecified atom stereocenters. The molecule has 0 atom stereocenters. The molecule has 0 aliphatic heterocycles. The summed E-state index contributed by atoms with van der Waals surface area (Å²) in [6, 6.07) is 126. The first-order valence-electron chi connectivity index (χ1n) is 43.8. The van der Waals surface area contributed by atoms with Crippen LogP contribution in [0.15, 0.2) is 349 Å². The molecule has 5 aliphatic carbocycles. The van der Waals surface area contributed by atoms with Gasteiger partial charge in [0.2, 0.25) is 0 Å². The number of rotatable bonds is 14. The van der Waals surface area contributed by atoms with E-state index in [0.29, 0.717) is 0 Å². The lowest BCUT2D eigenvalue weighted by Crippen LogP contribution is -2.37. The van der Waals surface area contributed by atoms with E-state index in [1.165, 1.54) is 121 Å². The fourth-order valence-electron chi connectivity index (χ4n) is 21.4. The molecule has 604 valence electrons. The minimum absolute atomic E-state index is 0.0943. The minimum Gasteiger partial charge on any atom is -0.455 e. The van der Waals surface area contributed by atoms with Gasteiger partial charge in [0.15, 0.2) is 0 Å². The summed E-state index contributed by atoms with van der Waals surface area (Å²) in [5.41, 5.74) is 33.1. The van der Waals surface area contributed by atoms with E-state index in [9.17, 15) is 0 Å². The Balaban J connectivity index is 0.000000151. The average molecular weight is 1630 g/mol. The fraction of sp³-hybridized carbons (Fsp3) is 0.183. The summed E-state index contributed by atoms with van der Waals surface area (Å²) in [7, 11) is -2.89. The SMILES string of the molecule is CC1(C)c2cc(N(c3ccccc3)c3ccc([Si](C)(C)C)cc3)ccc2-c2oc3c(c21)C(C)(C)c1cc(N(c2ccccc2)c2ccc4c(ccc5ccccc54)c2)ccc1-3.CC1(C)c2ccccc2-c2ccc(N(c3ccccc3)c3ccc4c(c3)C(C)(C)c3c-4oc4c3C(C)(C)c3cc(N(c5ccccc5)c5ccc([Si](C)(C)C)cc5)ccc3-4)cc21. The predicted molar refractivity (Wildman–Crippen MR) is 525 cm³/mol. The number of nitrogens with zero attached hydrogens (tertiary/aromatic N) is 4. The lowest BCUT2D eigenvalue weighted by molar-refractivity contribution is 0.592. The van der Waals surface area contributed by atoms with Crippen LogP contribution in [0.1, 0.15) is 125 Å². The second kappa shape index (κ2) is 28.0. The topological polar surface area (TPSA) is 39.2 Å². The zero-order chi connectivity index (χ0) is 84.8. The Labute approximate surface area is 727 Å². The van der Waals surface area contributed by atoms with E-state index in [4.69, 9.17) is 8.83 Å². The first-order chi connectivity index (χ1) is 59.0. The molecule has 6 nitrogen and oxygen atoms in total. The van der Waals surface area contributed by atoms with Crippen LogP contribution in [-0.2, 0) is 27.1 Å². The number of benzene rings is 15. The molecule has 0 saturated heterocycles. The van der Waals surface area contributed by atoms with Crippen molar-refractivity contribution >= 4 is 116 Å². The Morgan fingerprint density at radius 3 is 0.805 bits per heavy atom. The van der Waals surface area contributed by atoms with Crippen molar-refractivity contribution in [1.82, 2.24) is 0 Å². The van der Waals surface area contributed by atoms with Crippen molar-refractivity contribution in [1.29, 1.82) is 0 Å². The molecule has 0 saturated carbocycles. The number of hydrogen-bond donors (Lipinski definition) is 0. The third-order valence-electron chi connectivity index (χ3n) is 27.9. The molecule has 0 N–H and O–H groups in total. The monoisotopic (exact) mass is 1630 g/mol. The highest BCUT2D eigenvalue weighted by Crippen LogP contribution is 2.65. The van der Waals surface area contributed by atoms with Gasteiger partial charge in [-0.1, -0.05) is 289 Å². The number of anilines is 12. The molecular formula is C115H104N4O2Si2. The fourth-order valence-corrected chi connectivity index (χ4v) is 23.7. The van der Waals surface area contributed by atoms with Gasteiger partial charge >= 0.3 is 0 Å². The van der Waals surface area contributed by atoms with Gasteiger partial charge in [0, 0.05) is 140 Å². The van der Waals surface area contributed by atoms with Gasteiger partial charge in [-0.05, 0) is 236 Å². The van der Waals surface area contributed by atoms with E-state index in [0.717, 1.165) is 91.3 Å². The molecule has 2 heterocycles. The quantitative estimate of drug-likeness (QED) is 0.0798. The normalized spacial score (nSPS) is 15.0. The summed E-state index contributed by atoms with van der Waals surface area (Å²) >= 11 is 0. The summed E-state index contributed by atoms with van der Waals surface area (Å²) in [5.74, 6) is 4.06. The Hall–Kier alpha value is -13.0. The Kier molecular flexibility index (Phi) is 17.6. The number of fused-ring (bicyclic) bond motifs is 20. The molecule has 22 rings (SSSR count). The number of para-hydroxylation sites is 4. The van der Waals surface area contributed by atoms with Gasteiger partial charge in [0.05, 0.1) is 16.1 Å². The van der Waals surface area contributed by atoms with Crippen molar-refractivity contribution in [2.24, 2.45) is 0 Å². The maximum absolute atomic E-state index is 7.16. The van der Waals surface area contributed by atoms with Gasteiger partial charge in [-0.3, -0.25) is 0 Å². The van der Waals surface area contributed by atoms with Crippen LogP contribution in [0.3, 0.4) is 0 Å². The van der Waals surface area contributed by atoms with Crippen LogP contribution in [0, 0.1) is 0 Å². The number of furan rings is 2. The maximum atomic E-state index is 7.16. The third-order valence-corrected chi connectivity index (χ3v) is 32.0. The molecular weight excluding hydrogens is 1530 g/mol. The standard InChI is InChI=1S/C58H54N2OSi.C57H50N2OSi/c1-56(2)48-23-17-16-22-44(48)45-31-26-41(34-49(45)56)60(38-20-14-11-15-21-38)42-28-33-47-51(36-42)58(5,6)53-52-54(61-55(47)53)46-32-27-40(35-50(46)57(52,3)4)59(37-18-12-10-13-19-37)39-24-29-43(30-25-39)62(7,8)9;1-56(2)50-35-43(58(39-17-10-8-11-18-39)41-24-29-45(30-25-41)61(5,6)7)27-32-48(50)54-52(56)53-55(60-54)49-33-28-44(36-51(49)57(53,3)4)59(40-19-12-9-13-20-40)42-26-31-47-38(34-42)23-22-37-16-14-15-21-46(37)47/h10-36H,1-9H3;8-36H,1-7H3. The van der Waals surface area contributed by atoms with E-state index in [1.807, 2.05) is 0 Å². The van der Waals surface area contributed by atoms with Crippen molar-refractivity contribution in [3.8, 4) is 56.4 Å². The van der Waals surface area contributed by atoms with Gasteiger partial charge in [-0.2, -0.15) is 0 Å². The highest BCUT2D eigenvalue weighted by Gasteiger charge is 2.53. The second-order valence-electron chi connectivity index (χ2n) is 39.3. The van der Waals surface area contributed by atoms with Crippen LogP contribution in [0.2, 0.25) is 39.3 Å². The minimum atomic E-state index is -1.45. The van der Waals surface area contributed by atoms with Crippen molar-refractivity contribution in [3.63, 3.8) is 0 Å². The van der Waals surface area contributed by atoms with E-state index in [1.54, 1.807) is 0 Å². The van der Waals surface area contributed by atoms with E-state index in [2.05, 4.69) is 468 Å². The largest absolute Gasteiger partial charge is 0.455 e. The van der Waals surface area contributed by atoms with Crippen LogP contribution in [0.5, 0.6) is 0 Å². The van der Waals surface area contributed by atoms with Gasteiger partial charge in [-0.15, -0.1) is 0 Å². The van der Waals surface area contributed by atoms with E-state index < -0.39 is 16.1 Å². The van der Waals surface area contributed by atoms with Crippen LogP contribution in [0.25, 0.3) is 78.0 Å². The van der Waals surface area contributed by atoms with Crippen LogP contribution in [0.4, 0.5) is 68.2 Å². The molecule has 0 amide bonds. The summed E-state index contributed by atoms with van der Waals surface area (Å²) in [5, 5.41) is 7.96. The number of hydrogen-bond acceptors (Lipinski definition) is 6.